The number of hydrogen-bond donors (Lipinski definition) is 3. The molecule has 0 fully saturated rings. The summed E-state index contributed by atoms with van der Waals surface area (Å²) in [6, 6.07) is 0. The predicted molar refractivity (Wildman–Crippen MR) is 84.4 cm³/mol. The topological polar surface area (TPSA) is 66.7 Å². The summed E-state index contributed by atoms with van der Waals surface area (Å²) in [4.78, 5) is 7.66. The van der Waals surface area contributed by atoms with Crippen LogP contribution in [0.4, 0.5) is 5.95 Å². The van der Waals surface area contributed by atoms with E-state index < -0.39 is 0 Å². The Morgan fingerprint density at radius 2 is 1.71 bits per heavy atom. The van der Waals surface area contributed by atoms with Crippen LogP contribution >= 0.6 is 63.7 Å². The van der Waals surface area contributed by atoms with Gasteiger partial charge in [-0.05, 0) is 63.7 Å². The van der Waals surface area contributed by atoms with Gasteiger partial charge in [-0.25, -0.2) is 4.98 Å². The number of H-pyrrole nitrogens is 1. The van der Waals surface area contributed by atoms with Crippen LogP contribution in [0.1, 0.15) is 0 Å². The molecule has 1 aromatic heterocycles. The Bertz CT molecular complexity index is 521. The third kappa shape index (κ3) is 2.56. The van der Waals surface area contributed by atoms with E-state index in [9.17, 15) is 0 Å². The SMILES string of the molecule is NCCNc1nc2c(Br)c(Br)c(Br)c(Br)c2[nH]1. The van der Waals surface area contributed by atoms with Crippen LogP contribution in [-0.4, -0.2) is 23.1 Å². The van der Waals surface area contributed by atoms with Crippen LogP contribution < -0.4 is 11.1 Å². The normalized spacial score (nSPS) is 11.1. The lowest BCUT2D eigenvalue weighted by Crippen LogP contribution is -2.13. The van der Waals surface area contributed by atoms with Crippen LogP contribution in [0.25, 0.3) is 11.0 Å². The lowest BCUT2D eigenvalue weighted by Gasteiger charge is -2.03. The second kappa shape index (κ2) is 5.56. The number of nitrogens with one attached hydrogen (secondary N) is 2. The maximum atomic E-state index is 5.44. The molecule has 2 rings (SSSR count). The van der Waals surface area contributed by atoms with E-state index in [1.54, 1.807) is 0 Å². The molecule has 4 N–H and O–H groups in total. The minimum Gasteiger partial charge on any atom is -0.355 e. The number of hydrogen-bond acceptors (Lipinski definition) is 3. The van der Waals surface area contributed by atoms with Crippen LogP contribution in [0.15, 0.2) is 17.9 Å². The molecule has 1 aromatic carbocycles. The lowest BCUT2D eigenvalue weighted by molar-refractivity contribution is 1.00. The molecular formula is C9H8Br4N4. The van der Waals surface area contributed by atoms with Gasteiger partial charge in [0.1, 0.15) is 5.52 Å². The zero-order valence-corrected chi connectivity index (χ0v) is 14.8. The van der Waals surface area contributed by atoms with Crippen LogP contribution in [0, 0.1) is 0 Å². The minimum atomic E-state index is 0.562. The average Bonchev–Trinajstić information content (AvgIpc) is 2.75. The molecule has 0 radical (unpaired) electrons. The van der Waals surface area contributed by atoms with Gasteiger partial charge in [0.25, 0.3) is 0 Å². The number of nitrogens with two attached hydrogens (primary N) is 1. The first kappa shape index (κ1) is 13.8. The highest BCUT2D eigenvalue weighted by atomic mass is 79.9. The zero-order chi connectivity index (χ0) is 12.6. The van der Waals surface area contributed by atoms with Crippen molar-refractivity contribution in [3.05, 3.63) is 17.9 Å². The van der Waals surface area contributed by atoms with Crippen molar-refractivity contribution in [1.29, 1.82) is 0 Å². The summed E-state index contributed by atoms with van der Waals surface area (Å²) in [6.45, 7) is 1.24. The molecule has 0 aliphatic heterocycles. The van der Waals surface area contributed by atoms with E-state index >= 15 is 0 Å². The summed E-state index contributed by atoms with van der Waals surface area (Å²) in [5.74, 6) is 0.705. The first-order valence-corrected chi connectivity index (χ1v) is 7.89. The third-order valence-electron chi connectivity index (χ3n) is 2.15. The van der Waals surface area contributed by atoms with E-state index in [2.05, 4.69) is 79.0 Å². The summed E-state index contributed by atoms with van der Waals surface area (Å²) in [7, 11) is 0. The van der Waals surface area contributed by atoms with E-state index in [-0.39, 0.29) is 0 Å². The van der Waals surface area contributed by atoms with Crippen LogP contribution in [0.5, 0.6) is 0 Å². The van der Waals surface area contributed by atoms with Crippen molar-refractivity contribution in [3.63, 3.8) is 0 Å². The monoisotopic (exact) mass is 488 g/mol. The number of aromatic nitrogens is 2. The Morgan fingerprint density at radius 3 is 2.35 bits per heavy atom. The van der Waals surface area contributed by atoms with Gasteiger partial charge < -0.3 is 16.0 Å². The number of benzene rings is 1. The zero-order valence-electron chi connectivity index (χ0n) is 8.45. The van der Waals surface area contributed by atoms with Crippen molar-refractivity contribution in [2.24, 2.45) is 5.73 Å². The number of halogens is 4. The molecule has 0 spiro atoms. The van der Waals surface area contributed by atoms with Crippen molar-refractivity contribution in [1.82, 2.24) is 9.97 Å². The molecule has 0 aliphatic carbocycles. The molecule has 17 heavy (non-hydrogen) atoms. The van der Waals surface area contributed by atoms with Gasteiger partial charge in [-0.15, -0.1) is 0 Å². The van der Waals surface area contributed by atoms with E-state index in [0.717, 1.165) is 28.9 Å². The van der Waals surface area contributed by atoms with Crippen LogP contribution in [0.3, 0.4) is 0 Å². The summed E-state index contributed by atoms with van der Waals surface area (Å²) in [6.07, 6.45) is 0. The van der Waals surface area contributed by atoms with E-state index in [0.29, 0.717) is 19.0 Å². The summed E-state index contributed by atoms with van der Waals surface area (Å²) in [5.41, 5.74) is 7.22. The second-order valence-corrected chi connectivity index (χ2v) is 6.45. The fourth-order valence-corrected chi connectivity index (χ4v) is 3.66. The molecule has 2 aromatic rings. The Balaban J connectivity index is 2.60. The third-order valence-corrected chi connectivity index (χ3v) is 6.89. The molecule has 0 bridgehead atoms. The van der Waals surface area contributed by atoms with Crippen LogP contribution in [0.2, 0.25) is 0 Å². The molecule has 4 nitrogen and oxygen atoms in total. The summed E-state index contributed by atoms with van der Waals surface area (Å²) in [5, 5.41) is 3.11. The molecule has 0 saturated heterocycles. The standard InChI is InChI=1S/C9H8Br4N4/c10-3-4(11)6(13)8-7(5(3)12)16-9(17-8)15-2-1-14/h1-2,14H2,(H2,15,16,17). The Labute approximate surface area is 132 Å². The number of fused-ring (bicyclic) bond motifs is 1. The average molecular weight is 492 g/mol. The molecule has 0 amide bonds. The Kier molecular flexibility index (Phi) is 4.51. The number of rotatable bonds is 3. The van der Waals surface area contributed by atoms with E-state index in [4.69, 9.17) is 5.73 Å². The van der Waals surface area contributed by atoms with Gasteiger partial charge in [0.05, 0.1) is 14.5 Å². The number of anilines is 1. The molecule has 0 aliphatic rings. The van der Waals surface area contributed by atoms with Gasteiger partial charge >= 0.3 is 0 Å². The molecule has 92 valence electrons. The number of aromatic amines is 1. The van der Waals surface area contributed by atoms with Crippen molar-refractivity contribution < 1.29 is 0 Å². The molecule has 8 heteroatoms. The fourth-order valence-electron chi connectivity index (χ4n) is 1.37. The minimum absolute atomic E-state index is 0.562. The highest BCUT2D eigenvalue weighted by Gasteiger charge is 2.16. The first-order valence-electron chi connectivity index (χ1n) is 4.71. The fraction of sp³-hybridized carbons (Fsp3) is 0.222. The van der Waals surface area contributed by atoms with Gasteiger partial charge in [0, 0.05) is 22.0 Å². The lowest BCUT2D eigenvalue weighted by atomic mass is 10.3. The molecule has 0 atom stereocenters. The quantitative estimate of drug-likeness (QED) is 0.449. The molecule has 0 saturated carbocycles. The second-order valence-electron chi connectivity index (χ2n) is 3.28. The smallest absolute Gasteiger partial charge is 0.201 e. The van der Waals surface area contributed by atoms with Gasteiger partial charge in [-0.2, -0.15) is 0 Å². The van der Waals surface area contributed by atoms with Crippen molar-refractivity contribution in [3.8, 4) is 0 Å². The molecule has 0 unspecified atom stereocenters. The Hall–Kier alpha value is 0.370. The van der Waals surface area contributed by atoms with Gasteiger partial charge in [0.15, 0.2) is 0 Å². The Morgan fingerprint density at radius 1 is 1.06 bits per heavy atom. The predicted octanol–water partition coefficient (Wildman–Crippen LogP) is 3.98. The maximum absolute atomic E-state index is 5.44. The van der Waals surface area contributed by atoms with Gasteiger partial charge in [-0.1, -0.05) is 0 Å². The number of nitrogens with zero attached hydrogens (tertiary/aromatic N) is 1. The van der Waals surface area contributed by atoms with Crippen molar-refractivity contribution in [2.45, 2.75) is 0 Å². The largest absolute Gasteiger partial charge is 0.355 e. The van der Waals surface area contributed by atoms with Crippen LogP contribution in [-0.2, 0) is 0 Å². The van der Waals surface area contributed by atoms with E-state index in [1.807, 2.05) is 0 Å². The number of imidazole rings is 1. The van der Waals surface area contributed by atoms with Gasteiger partial charge in [0.2, 0.25) is 5.95 Å². The maximum Gasteiger partial charge on any atom is 0.201 e. The summed E-state index contributed by atoms with van der Waals surface area (Å²) < 4.78 is 3.69. The first-order chi connectivity index (χ1) is 8.06. The highest BCUT2D eigenvalue weighted by molar-refractivity contribution is 9.15. The van der Waals surface area contributed by atoms with Crippen molar-refractivity contribution in [2.75, 3.05) is 18.4 Å². The van der Waals surface area contributed by atoms with Gasteiger partial charge in [-0.3, -0.25) is 0 Å². The summed E-state index contributed by atoms with van der Waals surface area (Å²) >= 11 is 14.0. The molecule has 1 heterocycles. The molecular weight excluding hydrogens is 484 g/mol. The van der Waals surface area contributed by atoms with E-state index in [1.165, 1.54) is 0 Å². The highest BCUT2D eigenvalue weighted by Crippen LogP contribution is 2.42. The van der Waals surface area contributed by atoms with Crippen molar-refractivity contribution >= 4 is 80.7 Å².